The average Bonchev–Trinajstić information content (AvgIpc) is 3.54. The Labute approximate surface area is 236 Å². The van der Waals surface area contributed by atoms with Gasteiger partial charge in [0.25, 0.3) is 0 Å². The zero-order valence-electron chi connectivity index (χ0n) is 22.9. The van der Waals surface area contributed by atoms with Crippen molar-refractivity contribution < 1.29 is 4.74 Å². The molecule has 5 nitrogen and oxygen atoms in total. The number of likely N-dealkylation sites (N-methyl/N-ethyl adjacent to an activating group) is 1. The van der Waals surface area contributed by atoms with Gasteiger partial charge in [-0.25, -0.2) is 0 Å². The summed E-state index contributed by atoms with van der Waals surface area (Å²) in [7, 11) is 2.19. The number of piperidine rings is 1. The summed E-state index contributed by atoms with van der Waals surface area (Å²) in [4.78, 5) is 12.0. The fourth-order valence-corrected chi connectivity index (χ4v) is 7.39. The molecule has 1 fully saturated rings. The molecule has 4 aromatic rings. The van der Waals surface area contributed by atoms with Crippen LogP contribution in [0.4, 0.5) is 28.4 Å². The lowest BCUT2D eigenvalue weighted by Gasteiger charge is -2.33. The highest BCUT2D eigenvalue weighted by Gasteiger charge is 2.43. The molecule has 200 valence electrons. The number of likely N-dealkylation sites (tertiary alicyclic amines) is 1. The molecule has 0 bridgehead atoms. The van der Waals surface area contributed by atoms with E-state index in [0.29, 0.717) is 17.9 Å². The largest absolute Gasteiger partial charge is 0.474 e. The summed E-state index contributed by atoms with van der Waals surface area (Å²) in [5.41, 5.74) is 8.76. The monoisotopic (exact) mass is 526 g/mol. The summed E-state index contributed by atoms with van der Waals surface area (Å²) in [5, 5.41) is 0. The summed E-state index contributed by atoms with van der Waals surface area (Å²) in [5.74, 6) is 1.90. The minimum Gasteiger partial charge on any atom is -0.474 e. The SMILES string of the molecule is CN1CCCC2c3ccc(N4c5ccc(N(c6ccccc6)c6ccccc6)cc5C5CN=CCC54)cc3OC21. The smallest absolute Gasteiger partial charge is 0.159 e. The van der Waals surface area contributed by atoms with Crippen molar-refractivity contribution in [3.63, 3.8) is 0 Å². The van der Waals surface area contributed by atoms with Crippen LogP contribution in [0.2, 0.25) is 0 Å². The molecule has 0 spiro atoms. The van der Waals surface area contributed by atoms with E-state index in [1.807, 2.05) is 0 Å². The number of ether oxygens (including phenoxy) is 1. The molecule has 0 N–H and O–H groups in total. The number of nitrogens with zero attached hydrogens (tertiary/aromatic N) is 4. The molecule has 4 atom stereocenters. The van der Waals surface area contributed by atoms with Crippen LogP contribution in [0.5, 0.6) is 5.75 Å². The Morgan fingerprint density at radius 3 is 2.35 bits per heavy atom. The normalized spacial score (nSPS) is 24.6. The molecule has 8 rings (SSSR count). The third kappa shape index (κ3) is 3.75. The Morgan fingerprint density at radius 2 is 1.57 bits per heavy atom. The van der Waals surface area contributed by atoms with Crippen molar-refractivity contribution in [3.05, 3.63) is 108 Å². The second kappa shape index (κ2) is 9.53. The van der Waals surface area contributed by atoms with Crippen molar-refractivity contribution in [2.24, 2.45) is 4.99 Å². The number of aliphatic imine (C=N–C) groups is 1. The first-order valence-corrected chi connectivity index (χ1v) is 14.6. The average molecular weight is 527 g/mol. The summed E-state index contributed by atoms with van der Waals surface area (Å²) < 4.78 is 6.56. The van der Waals surface area contributed by atoms with E-state index in [1.54, 1.807) is 0 Å². The number of para-hydroxylation sites is 2. The molecule has 0 aromatic heterocycles. The maximum Gasteiger partial charge on any atom is 0.159 e. The zero-order chi connectivity index (χ0) is 26.6. The number of rotatable bonds is 4. The molecular formula is C35H34N4O. The number of anilines is 5. The second-order valence-electron chi connectivity index (χ2n) is 11.5. The molecule has 4 aliphatic rings. The number of hydrogen-bond acceptors (Lipinski definition) is 5. The van der Waals surface area contributed by atoms with Crippen molar-refractivity contribution in [1.29, 1.82) is 0 Å². The summed E-state index contributed by atoms with van der Waals surface area (Å²) in [6.07, 6.45) is 5.67. The van der Waals surface area contributed by atoms with Crippen molar-refractivity contribution >= 4 is 34.7 Å². The van der Waals surface area contributed by atoms with Gasteiger partial charge in [0.15, 0.2) is 6.23 Å². The van der Waals surface area contributed by atoms with Crippen LogP contribution in [0, 0.1) is 0 Å². The lowest BCUT2D eigenvalue weighted by Crippen LogP contribution is -2.42. The minimum absolute atomic E-state index is 0.170. The van der Waals surface area contributed by atoms with Crippen LogP contribution in [0.15, 0.2) is 102 Å². The highest BCUT2D eigenvalue weighted by Crippen LogP contribution is 2.52. The van der Waals surface area contributed by atoms with Crippen molar-refractivity contribution in [2.75, 3.05) is 29.9 Å². The molecule has 1 saturated heterocycles. The van der Waals surface area contributed by atoms with Crippen LogP contribution >= 0.6 is 0 Å². The summed E-state index contributed by atoms with van der Waals surface area (Å²) in [6.45, 7) is 1.93. The molecule has 4 heterocycles. The number of benzene rings is 4. The van der Waals surface area contributed by atoms with E-state index < -0.39 is 0 Å². The van der Waals surface area contributed by atoms with Gasteiger partial charge in [0.05, 0.1) is 0 Å². The van der Waals surface area contributed by atoms with Crippen molar-refractivity contribution in [1.82, 2.24) is 4.90 Å². The predicted molar refractivity (Wildman–Crippen MR) is 163 cm³/mol. The van der Waals surface area contributed by atoms with Crippen LogP contribution in [-0.2, 0) is 0 Å². The molecule has 0 aliphatic carbocycles. The van der Waals surface area contributed by atoms with Gasteiger partial charge >= 0.3 is 0 Å². The fraction of sp³-hybridized carbons (Fsp3) is 0.286. The van der Waals surface area contributed by atoms with E-state index >= 15 is 0 Å². The summed E-state index contributed by atoms with van der Waals surface area (Å²) in [6, 6.07) is 35.6. The highest BCUT2D eigenvalue weighted by atomic mass is 16.5. The standard InChI is InChI=1S/C35H34N4O/c1-37-20-8-13-29-28-16-14-27(22-34(28)40-35(29)37)39-32-17-15-26(21-30(32)31-23-36-19-18-33(31)39)38(24-9-4-2-5-10-24)25-11-6-3-7-12-25/h2-7,9-12,14-17,19,21-22,29,31,33,35H,8,13,18,20,23H2,1H3. The van der Waals surface area contributed by atoms with E-state index in [0.717, 1.165) is 36.6 Å². The lowest BCUT2D eigenvalue weighted by molar-refractivity contribution is 0.0188. The molecule has 0 radical (unpaired) electrons. The van der Waals surface area contributed by atoms with Gasteiger partial charge in [0.2, 0.25) is 0 Å². The minimum atomic E-state index is 0.170. The molecule has 0 saturated carbocycles. The third-order valence-corrected chi connectivity index (χ3v) is 9.26. The first kappa shape index (κ1) is 23.8. The molecule has 40 heavy (non-hydrogen) atoms. The van der Waals surface area contributed by atoms with Gasteiger partial charge in [-0.3, -0.25) is 9.89 Å². The Kier molecular flexibility index (Phi) is 5.66. The van der Waals surface area contributed by atoms with Crippen LogP contribution in [0.1, 0.15) is 42.2 Å². The Morgan fingerprint density at radius 1 is 0.800 bits per heavy atom. The lowest BCUT2D eigenvalue weighted by atomic mass is 9.90. The summed E-state index contributed by atoms with van der Waals surface area (Å²) >= 11 is 0. The Balaban J connectivity index is 1.21. The van der Waals surface area contributed by atoms with Crippen LogP contribution in [0.3, 0.4) is 0 Å². The van der Waals surface area contributed by atoms with E-state index in [4.69, 9.17) is 9.73 Å². The zero-order valence-corrected chi connectivity index (χ0v) is 22.9. The predicted octanol–water partition coefficient (Wildman–Crippen LogP) is 7.76. The fourth-order valence-electron chi connectivity index (χ4n) is 7.39. The molecule has 4 unspecified atom stereocenters. The first-order chi connectivity index (χ1) is 19.8. The van der Waals surface area contributed by atoms with Crippen LogP contribution in [-0.4, -0.2) is 43.5 Å². The molecule has 4 aliphatic heterocycles. The molecular weight excluding hydrogens is 492 g/mol. The van der Waals surface area contributed by atoms with Gasteiger partial charge < -0.3 is 14.5 Å². The topological polar surface area (TPSA) is 31.3 Å². The molecule has 4 aromatic carbocycles. The Hall–Kier alpha value is -4.09. The van der Waals surface area contributed by atoms with Gasteiger partial charge in [-0.15, -0.1) is 0 Å². The van der Waals surface area contributed by atoms with Gasteiger partial charge in [-0.1, -0.05) is 42.5 Å². The maximum atomic E-state index is 6.56. The third-order valence-electron chi connectivity index (χ3n) is 9.26. The van der Waals surface area contributed by atoms with Crippen molar-refractivity contribution in [2.45, 2.75) is 43.4 Å². The Bertz CT molecular complexity index is 1530. The van der Waals surface area contributed by atoms with Crippen LogP contribution < -0.4 is 14.5 Å². The maximum absolute atomic E-state index is 6.56. The first-order valence-electron chi connectivity index (χ1n) is 14.6. The van der Waals surface area contributed by atoms with Gasteiger partial charge in [0.1, 0.15) is 5.75 Å². The van der Waals surface area contributed by atoms with Gasteiger partial charge in [0, 0.05) is 83.7 Å². The van der Waals surface area contributed by atoms with E-state index in [9.17, 15) is 0 Å². The molecule has 0 amide bonds. The van der Waals surface area contributed by atoms with E-state index in [1.165, 1.54) is 41.0 Å². The van der Waals surface area contributed by atoms with E-state index in [-0.39, 0.29) is 6.23 Å². The second-order valence-corrected chi connectivity index (χ2v) is 11.5. The quantitative estimate of drug-likeness (QED) is 0.272. The molecule has 5 heteroatoms. The van der Waals surface area contributed by atoms with Gasteiger partial charge in [-0.05, 0) is 74.0 Å². The van der Waals surface area contributed by atoms with Gasteiger partial charge in [-0.2, -0.15) is 0 Å². The van der Waals surface area contributed by atoms with Crippen LogP contribution in [0.25, 0.3) is 0 Å². The highest BCUT2D eigenvalue weighted by molar-refractivity contribution is 5.83. The number of fused-ring (bicyclic) bond motifs is 6. The van der Waals surface area contributed by atoms with E-state index in [2.05, 4.69) is 125 Å². The number of hydrogen-bond donors (Lipinski definition) is 0. The van der Waals surface area contributed by atoms with Crippen molar-refractivity contribution in [3.8, 4) is 5.75 Å².